The second-order valence-electron chi connectivity index (χ2n) is 11.5. The van der Waals surface area contributed by atoms with E-state index in [1.54, 1.807) is 35.2 Å². The van der Waals surface area contributed by atoms with E-state index >= 15 is 0 Å². The molecule has 2 amide bonds. The van der Waals surface area contributed by atoms with Crippen molar-refractivity contribution in [2.45, 2.75) is 64.4 Å². The summed E-state index contributed by atoms with van der Waals surface area (Å²) in [6.45, 7) is 7.97. The highest BCUT2D eigenvalue weighted by Crippen LogP contribution is 2.27. The molecule has 0 spiro atoms. The zero-order chi connectivity index (χ0) is 32.4. The SMILES string of the molecule is CCCCNC(=O)C(Cc1ccccc1)N(Cc1ccccc1C)C(=O)CN(c1cc(C)cc(C)c1)S(=O)(=O)c1ccccc1. The van der Waals surface area contributed by atoms with Crippen LogP contribution in [-0.4, -0.2) is 44.3 Å². The number of hydrogen-bond donors (Lipinski definition) is 1. The van der Waals surface area contributed by atoms with Crippen molar-refractivity contribution in [1.82, 2.24) is 10.2 Å². The maximum atomic E-state index is 14.6. The summed E-state index contributed by atoms with van der Waals surface area (Å²) in [4.78, 5) is 30.1. The second-order valence-corrected chi connectivity index (χ2v) is 13.3. The van der Waals surface area contributed by atoms with Gasteiger partial charge in [0.25, 0.3) is 10.0 Å². The molecule has 45 heavy (non-hydrogen) atoms. The van der Waals surface area contributed by atoms with E-state index in [-0.39, 0.29) is 23.8 Å². The molecule has 4 aromatic carbocycles. The minimum atomic E-state index is -4.13. The highest BCUT2D eigenvalue weighted by atomic mass is 32.2. The number of rotatable bonds is 14. The molecule has 0 aliphatic heterocycles. The first-order valence-electron chi connectivity index (χ1n) is 15.4. The van der Waals surface area contributed by atoms with Gasteiger partial charge in [0.05, 0.1) is 10.6 Å². The van der Waals surface area contributed by atoms with Crippen LogP contribution in [0, 0.1) is 20.8 Å². The minimum absolute atomic E-state index is 0.0838. The smallest absolute Gasteiger partial charge is 0.264 e. The number of nitrogens with zero attached hydrogens (tertiary/aromatic N) is 2. The van der Waals surface area contributed by atoms with E-state index in [4.69, 9.17) is 0 Å². The van der Waals surface area contributed by atoms with E-state index in [1.807, 2.05) is 81.4 Å². The van der Waals surface area contributed by atoms with Gasteiger partial charge >= 0.3 is 0 Å². The van der Waals surface area contributed by atoms with Crippen LogP contribution in [-0.2, 0) is 32.6 Å². The van der Waals surface area contributed by atoms with Gasteiger partial charge in [0.2, 0.25) is 11.8 Å². The second kappa shape index (κ2) is 15.5. The first-order chi connectivity index (χ1) is 21.6. The molecule has 0 aliphatic carbocycles. The molecular weight excluding hydrogens is 582 g/mol. The fraction of sp³-hybridized carbons (Fsp3) is 0.297. The van der Waals surface area contributed by atoms with Gasteiger partial charge in [-0.1, -0.05) is 92.2 Å². The van der Waals surface area contributed by atoms with Crippen molar-refractivity contribution >= 4 is 27.5 Å². The molecule has 0 saturated carbocycles. The van der Waals surface area contributed by atoms with Gasteiger partial charge in [0, 0.05) is 19.5 Å². The standard InChI is InChI=1S/C37H43N3O4S/c1-5-6-21-38-37(42)35(25-31-16-9-7-10-17-31)39(26-32-18-14-13-15-30(32)4)36(41)27-40(33-23-28(2)22-29(3)24-33)45(43,44)34-19-11-8-12-20-34/h7-20,22-24,35H,5-6,21,25-27H2,1-4H3,(H,38,42). The topological polar surface area (TPSA) is 86.8 Å². The van der Waals surface area contributed by atoms with Gasteiger partial charge in [0.15, 0.2) is 0 Å². The molecule has 0 aliphatic rings. The molecule has 0 heterocycles. The predicted molar refractivity (Wildman–Crippen MR) is 180 cm³/mol. The number of unbranched alkanes of at least 4 members (excludes halogenated alkanes) is 1. The molecule has 236 valence electrons. The Kier molecular flexibility index (Phi) is 11.5. The Morgan fingerprint density at radius 2 is 1.40 bits per heavy atom. The molecule has 0 aromatic heterocycles. The molecule has 4 aromatic rings. The van der Waals surface area contributed by atoms with Crippen molar-refractivity contribution in [3.05, 3.63) is 131 Å². The zero-order valence-corrected chi connectivity index (χ0v) is 27.4. The van der Waals surface area contributed by atoms with Crippen molar-refractivity contribution in [3.63, 3.8) is 0 Å². The van der Waals surface area contributed by atoms with Crippen LogP contribution < -0.4 is 9.62 Å². The Hall–Kier alpha value is -4.43. The van der Waals surface area contributed by atoms with Gasteiger partial charge in [-0.05, 0) is 79.3 Å². The normalized spacial score (nSPS) is 11.9. The highest BCUT2D eigenvalue weighted by Gasteiger charge is 2.34. The monoisotopic (exact) mass is 625 g/mol. The Labute approximate surface area is 268 Å². The van der Waals surface area contributed by atoms with Gasteiger partial charge in [-0.2, -0.15) is 0 Å². The van der Waals surface area contributed by atoms with Gasteiger partial charge in [0.1, 0.15) is 12.6 Å². The van der Waals surface area contributed by atoms with Crippen LogP contribution in [0.5, 0.6) is 0 Å². The van der Waals surface area contributed by atoms with Crippen LogP contribution in [0.2, 0.25) is 0 Å². The fourth-order valence-electron chi connectivity index (χ4n) is 5.37. The van der Waals surface area contributed by atoms with E-state index in [0.29, 0.717) is 12.2 Å². The van der Waals surface area contributed by atoms with E-state index in [0.717, 1.165) is 40.7 Å². The Balaban J connectivity index is 1.81. The van der Waals surface area contributed by atoms with E-state index in [9.17, 15) is 18.0 Å². The van der Waals surface area contributed by atoms with Crippen LogP contribution in [0.15, 0.2) is 108 Å². The molecule has 8 heteroatoms. The number of carbonyl (C=O) groups excluding carboxylic acids is 2. The zero-order valence-electron chi connectivity index (χ0n) is 26.6. The summed E-state index contributed by atoms with van der Waals surface area (Å²) in [5.41, 5.74) is 4.91. The first kappa shape index (κ1) is 33.5. The lowest BCUT2D eigenvalue weighted by Gasteiger charge is -2.34. The Bertz CT molecular complexity index is 1670. The fourth-order valence-corrected chi connectivity index (χ4v) is 6.79. The molecule has 0 radical (unpaired) electrons. The number of aryl methyl sites for hydroxylation is 3. The van der Waals surface area contributed by atoms with Gasteiger partial charge in [-0.25, -0.2) is 8.42 Å². The van der Waals surface area contributed by atoms with Crippen LogP contribution >= 0.6 is 0 Å². The average molecular weight is 626 g/mol. The van der Waals surface area contributed by atoms with Crippen LogP contribution in [0.4, 0.5) is 5.69 Å². The highest BCUT2D eigenvalue weighted by molar-refractivity contribution is 7.92. The van der Waals surface area contributed by atoms with Crippen LogP contribution in [0.3, 0.4) is 0 Å². The maximum Gasteiger partial charge on any atom is 0.264 e. The van der Waals surface area contributed by atoms with Gasteiger partial charge in [-0.15, -0.1) is 0 Å². The number of hydrogen-bond acceptors (Lipinski definition) is 4. The molecule has 1 N–H and O–H groups in total. The molecule has 4 rings (SSSR count). The third-order valence-electron chi connectivity index (χ3n) is 7.81. The summed E-state index contributed by atoms with van der Waals surface area (Å²) in [7, 11) is -4.13. The van der Waals surface area contributed by atoms with E-state index in [1.165, 1.54) is 16.4 Å². The number of anilines is 1. The summed E-state index contributed by atoms with van der Waals surface area (Å²) in [5, 5.41) is 3.03. The van der Waals surface area contributed by atoms with Crippen molar-refractivity contribution in [2.75, 3.05) is 17.4 Å². The quantitative estimate of drug-likeness (QED) is 0.165. The summed E-state index contributed by atoms with van der Waals surface area (Å²) in [5.74, 6) is -0.735. The van der Waals surface area contributed by atoms with E-state index in [2.05, 4.69) is 12.2 Å². The summed E-state index contributed by atoms with van der Waals surface area (Å²) < 4.78 is 29.5. The first-order valence-corrected chi connectivity index (χ1v) is 16.9. The maximum absolute atomic E-state index is 14.6. The summed E-state index contributed by atoms with van der Waals surface area (Å²) in [6.07, 6.45) is 2.01. The lowest BCUT2D eigenvalue weighted by atomic mass is 10.0. The lowest BCUT2D eigenvalue weighted by molar-refractivity contribution is -0.140. The third-order valence-corrected chi connectivity index (χ3v) is 9.60. The third kappa shape index (κ3) is 8.82. The lowest BCUT2D eigenvalue weighted by Crippen LogP contribution is -2.53. The summed E-state index contributed by atoms with van der Waals surface area (Å²) >= 11 is 0. The Morgan fingerprint density at radius 3 is 2.02 bits per heavy atom. The number of nitrogens with one attached hydrogen (secondary N) is 1. The molecule has 0 saturated heterocycles. The van der Waals surface area contributed by atoms with Crippen molar-refractivity contribution in [2.24, 2.45) is 0 Å². The number of amides is 2. The molecule has 0 fully saturated rings. The summed E-state index contributed by atoms with van der Waals surface area (Å²) in [6, 6.07) is 30.1. The molecule has 7 nitrogen and oxygen atoms in total. The largest absolute Gasteiger partial charge is 0.354 e. The Morgan fingerprint density at radius 1 is 0.800 bits per heavy atom. The van der Waals surface area contributed by atoms with Crippen LogP contribution in [0.25, 0.3) is 0 Å². The van der Waals surface area contributed by atoms with Crippen molar-refractivity contribution in [3.8, 4) is 0 Å². The van der Waals surface area contributed by atoms with Crippen molar-refractivity contribution in [1.29, 1.82) is 0 Å². The molecule has 1 atom stereocenters. The van der Waals surface area contributed by atoms with Crippen molar-refractivity contribution < 1.29 is 18.0 Å². The van der Waals surface area contributed by atoms with E-state index < -0.39 is 28.5 Å². The van der Waals surface area contributed by atoms with Crippen LogP contribution in [0.1, 0.15) is 47.6 Å². The molecular formula is C37H43N3O4S. The average Bonchev–Trinajstić information content (AvgIpc) is 3.02. The number of benzene rings is 4. The van der Waals surface area contributed by atoms with Gasteiger partial charge < -0.3 is 10.2 Å². The molecule has 0 bridgehead atoms. The van der Waals surface area contributed by atoms with Gasteiger partial charge in [-0.3, -0.25) is 13.9 Å². The predicted octanol–water partition coefficient (Wildman–Crippen LogP) is 6.36. The number of sulfonamides is 1. The number of carbonyl (C=O) groups is 2. The molecule has 1 unspecified atom stereocenters. The minimum Gasteiger partial charge on any atom is -0.354 e.